The molecule has 3 heteroatoms. The fourth-order valence-corrected chi connectivity index (χ4v) is 2.34. The highest BCUT2D eigenvalue weighted by Crippen LogP contribution is 2.20. The Balaban J connectivity index is 2.09. The van der Waals surface area contributed by atoms with Crippen LogP contribution in [0.1, 0.15) is 31.8 Å². The average Bonchev–Trinajstić information content (AvgIpc) is 2.49. The molecule has 0 fully saturated rings. The van der Waals surface area contributed by atoms with E-state index in [0.717, 1.165) is 24.0 Å². The molecule has 0 atom stereocenters. The summed E-state index contributed by atoms with van der Waals surface area (Å²) < 4.78 is 4.95. The number of carbonyl (C=O) groups excluding carboxylic acids is 2. The second-order valence-corrected chi connectivity index (χ2v) is 4.49. The van der Waals surface area contributed by atoms with Crippen molar-refractivity contribution in [3.05, 3.63) is 70.8 Å². The van der Waals surface area contributed by atoms with Crippen LogP contribution in [0.15, 0.2) is 48.5 Å². The summed E-state index contributed by atoms with van der Waals surface area (Å²) in [6, 6.07) is 14.5. The van der Waals surface area contributed by atoms with Crippen LogP contribution < -0.4 is 0 Å². The maximum atomic E-state index is 12.0. The molecule has 3 nitrogen and oxygen atoms in total. The highest BCUT2D eigenvalue weighted by molar-refractivity contribution is 6.04. The number of aryl methyl sites for hydroxylation is 2. The number of carbonyl (C=O) groups is 2. The van der Waals surface area contributed by atoms with Crippen molar-refractivity contribution >= 4 is 11.9 Å². The Labute approximate surface area is 110 Å². The van der Waals surface area contributed by atoms with Gasteiger partial charge >= 0.3 is 11.9 Å². The number of fused-ring (bicyclic) bond motifs is 2. The van der Waals surface area contributed by atoms with Gasteiger partial charge in [0.2, 0.25) is 0 Å². The molecule has 0 unspecified atom stereocenters. The second-order valence-electron chi connectivity index (χ2n) is 4.49. The van der Waals surface area contributed by atoms with Gasteiger partial charge in [-0.3, -0.25) is 0 Å². The predicted molar refractivity (Wildman–Crippen MR) is 70.0 cm³/mol. The number of ether oxygens (including phenoxy) is 1. The van der Waals surface area contributed by atoms with E-state index in [1.165, 1.54) is 0 Å². The first kappa shape index (κ1) is 11.7. The quantitative estimate of drug-likeness (QED) is 0.535. The molecule has 0 bridgehead atoms. The Hall–Kier alpha value is -2.42. The van der Waals surface area contributed by atoms with E-state index in [2.05, 4.69) is 0 Å². The Bertz CT molecular complexity index is 601. The van der Waals surface area contributed by atoms with Gasteiger partial charge in [-0.2, -0.15) is 0 Å². The fourth-order valence-electron chi connectivity index (χ4n) is 2.34. The van der Waals surface area contributed by atoms with Crippen molar-refractivity contribution in [3.8, 4) is 0 Å². The second kappa shape index (κ2) is 4.69. The number of cyclic esters (lactones) is 2. The van der Waals surface area contributed by atoms with Gasteiger partial charge in [-0.1, -0.05) is 36.4 Å². The topological polar surface area (TPSA) is 43.4 Å². The Morgan fingerprint density at radius 2 is 1.11 bits per heavy atom. The molecule has 0 radical (unpaired) electrons. The van der Waals surface area contributed by atoms with E-state index < -0.39 is 11.9 Å². The zero-order valence-electron chi connectivity index (χ0n) is 10.3. The van der Waals surface area contributed by atoms with Crippen molar-refractivity contribution in [2.24, 2.45) is 0 Å². The first-order valence-electron chi connectivity index (χ1n) is 6.18. The molecule has 0 amide bonds. The minimum atomic E-state index is -0.572. The highest BCUT2D eigenvalue weighted by Gasteiger charge is 2.21. The lowest BCUT2D eigenvalue weighted by Crippen LogP contribution is -2.14. The zero-order chi connectivity index (χ0) is 13.2. The molecule has 3 rings (SSSR count). The summed E-state index contributed by atoms with van der Waals surface area (Å²) in [6.45, 7) is 0. The van der Waals surface area contributed by atoms with E-state index in [1.54, 1.807) is 24.3 Å². The van der Waals surface area contributed by atoms with E-state index in [4.69, 9.17) is 4.74 Å². The minimum Gasteiger partial charge on any atom is -0.386 e. The highest BCUT2D eigenvalue weighted by atomic mass is 16.6. The summed E-state index contributed by atoms with van der Waals surface area (Å²) in [5, 5.41) is 0. The first-order chi connectivity index (χ1) is 9.25. The van der Waals surface area contributed by atoms with Crippen LogP contribution >= 0.6 is 0 Å². The number of hydrogen-bond acceptors (Lipinski definition) is 3. The molecule has 1 heterocycles. The summed E-state index contributed by atoms with van der Waals surface area (Å²) in [5.74, 6) is -1.14. The van der Waals surface area contributed by atoms with Gasteiger partial charge in [0.15, 0.2) is 0 Å². The monoisotopic (exact) mass is 252 g/mol. The van der Waals surface area contributed by atoms with Crippen LogP contribution in [0.3, 0.4) is 0 Å². The molecule has 1 aliphatic heterocycles. The van der Waals surface area contributed by atoms with Gasteiger partial charge in [-0.25, -0.2) is 9.59 Å². The van der Waals surface area contributed by atoms with Gasteiger partial charge in [0, 0.05) is 0 Å². The number of benzene rings is 2. The molecule has 0 aromatic heterocycles. The summed E-state index contributed by atoms with van der Waals surface area (Å²) in [4.78, 5) is 24.0. The van der Waals surface area contributed by atoms with Crippen molar-refractivity contribution in [3.63, 3.8) is 0 Å². The van der Waals surface area contributed by atoms with Crippen LogP contribution in [0.2, 0.25) is 0 Å². The zero-order valence-corrected chi connectivity index (χ0v) is 10.3. The largest absolute Gasteiger partial charge is 0.386 e. The van der Waals surface area contributed by atoms with Crippen molar-refractivity contribution < 1.29 is 14.3 Å². The molecule has 1 aliphatic rings. The van der Waals surface area contributed by atoms with Crippen molar-refractivity contribution in [2.45, 2.75) is 12.8 Å². The maximum absolute atomic E-state index is 12.0. The van der Waals surface area contributed by atoms with Crippen LogP contribution in [0.4, 0.5) is 0 Å². The Kier molecular flexibility index (Phi) is 2.88. The summed E-state index contributed by atoms with van der Waals surface area (Å²) in [7, 11) is 0. The van der Waals surface area contributed by atoms with Gasteiger partial charge < -0.3 is 4.74 Å². The van der Waals surface area contributed by atoms with Crippen molar-refractivity contribution in [1.29, 1.82) is 0 Å². The third-order valence-corrected chi connectivity index (χ3v) is 3.32. The molecule has 0 saturated heterocycles. The predicted octanol–water partition coefficient (Wildman–Crippen LogP) is 2.78. The molecule has 2 aromatic carbocycles. The molecule has 94 valence electrons. The van der Waals surface area contributed by atoms with Crippen LogP contribution in [0, 0.1) is 0 Å². The van der Waals surface area contributed by atoms with Crippen LogP contribution in [0.25, 0.3) is 0 Å². The van der Waals surface area contributed by atoms with Gasteiger partial charge in [-0.05, 0) is 36.1 Å². The van der Waals surface area contributed by atoms with Gasteiger partial charge in [0.05, 0.1) is 11.1 Å². The molecular weight excluding hydrogens is 240 g/mol. The molecule has 0 N–H and O–H groups in total. The third kappa shape index (κ3) is 2.15. The van der Waals surface area contributed by atoms with E-state index >= 15 is 0 Å². The van der Waals surface area contributed by atoms with Crippen LogP contribution in [-0.2, 0) is 17.6 Å². The summed E-state index contributed by atoms with van der Waals surface area (Å²) in [6.07, 6.45) is 1.44. The summed E-state index contributed by atoms with van der Waals surface area (Å²) >= 11 is 0. The van der Waals surface area contributed by atoms with Crippen molar-refractivity contribution in [2.75, 3.05) is 0 Å². The van der Waals surface area contributed by atoms with E-state index in [-0.39, 0.29) is 0 Å². The van der Waals surface area contributed by atoms with Gasteiger partial charge in [0.25, 0.3) is 0 Å². The molecule has 0 aliphatic carbocycles. The third-order valence-electron chi connectivity index (χ3n) is 3.32. The fraction of sp³-hybridized carbons (Fsp3) is 0.125. The molecule has 2 aromatic rings. The summed E-state index contributed by atoms with van der Waals surface area (Å²) in [5.41, 5.74) is 2.78. The van der Waals surface area contributed by atoms with E-state index in [0.29, 0.717) is 11.1 Å². The van der Waals surface area contributed by atoms with Crippen molar-refractivity contribution in [1.82, 2.24) is 0 Å². The Morgan fingerprint density at radius 1 is 0.684 bits per heavy atom. The van der Waals surface area contributed by atoms with E-state index in [9.17, 15) is 9.59 Å². The lowest BCUT2D eigenvalue weighted by Gasteiger charge is -2.05. The Morgan fingerprint density at radius 3 is 1.58 bits per heavy atom. The lowest BCUT2D eigenvalue weighted by molar-refractivity contribution is 0.0397. The lowest BCUT2D eigenvalue weighted by atomic mass is 9.98. The SMILES string of the molecule is O=C1OC(=O)c2ccccc2CCc2ccccc21. The molecule has 19 heavy (non-hydrogen) atoms. The van der Waals surface area contributed by atoms with Gasteiger partial charge in [-0.15, -0.1) is 0 Å². The standard InChI is InChI=1S/C16H12O3/c17-15-13-7-3-1-5-11(13)9-10-12-6-2-4-8-14(12)16(18)19-15/h1-8H,9-10H2. The smallest absolute Gasteiger partial charge is 0.346 e. The average molecular weight is 252 g/mol. The number of rotatable bonds is 0. The molecular formula is C16H12O3. The molecule has 0 saturated carbocycles. The van der Waals surface area contributed by atoms with Gasteiger partial charge in [0.1, 0.15) is 0 Å². The molecule has 0 spiro atoms. The number of esters is 2. The minimum absolute atomic E-state index is 0.476. The van der Waals surface area contributed by atoms with Crippen LogP contribution in [-0.4, -0.2) is 11.9 Å². The maximum Gasteiger partial charge on any atom is 0.346 e. The number of hydrogen-bond donors (Lipinski definition) is 0. The normalized spacial score (nSPS) is 14.5. The first-order valence-corrected chi connectivity index (χ1v) is 6.18. The van der Waals surface area contributed by atoms with E-state index in [1.807, 2.05) is 24.3 Å². The van der Waals surface area contributed by atoms with Crippen LogP contribution in [0.5, 0.6) is 0 Å².